The molecule has 5 nitrogen and oxygen atoms in total. The molecule has 1 aliphatic heterocycles. The number of carbonyl (C=O) groups is 1. The Hall–Kier alpha value is -1.02. The summed E-state index contributed by atoms with van der Waals surface area (Å²) < 4.78 is 20.2. The molecule has 2 rings (SSSR count). The van der Waals surface area contributed by atoms with E-state index in [1.807, 2.05) is 0 Å². The van der Waals surface area contributed by atoms with Gasteiger partial charge < -0.3 is 20.5 Å². The van der Waals surface area contributed by atoms with Crippen LogP contribution in [-0.2, 0) is 15.1 Å². The summed E-state index contributed by atoms with van der Waals surface area (Å²) in [4.78, 5) is 12.3. The summed E-state index contributed by atoms with van der Waals surface area (Å²) >= 11 is 3.21. The summed E-state index contributed by atoms with van der Waals surface area (Å²) in [6.45, 7) is 4.02. The molecular formula is C15H20BrFN2O3. The van der Waals surface area contributed by atoms with E-state index in [0.717, 1.165) is 0 Å². The number of aliphatic hydroxyl groups is 1. The number of halogens is 2. The molecule has 1 saturated heterocycles. The van der Waals surface area contributed by atoms with Gasteiger partial charge in [-0.25, -0.2) is 4.39 Å². The normalized spacial score (nSPS) is 22.4. The van der Waals surface area contributed by atoms with Crippen LogP contribution < -0.4 is 10.6 Å². The van der Waals surface area contributed by atoms with Crippen molar-refractivity contribution in [2.75, 3.05) is 19.8 Å². The topological polar surface area (TPSA) is 70.6 Å². The zero-order valence-corrected chi connectivity index (χ0v) is 14.1. The fraction of sp³-hybridized carbons (Fsp3) is 0.533. The van der Waals surface area contributed by atoms with Crippen molar-refractivity contribution in [3.05, 3.63) is 34.1 Å². The highest BCUT2D eigenvalue weighted by atomic mass is 79.9. The maximum atomic E-state index is 14.1. The number of rotatable bonds is 4. The van der Waals surface area contributed by atoms with Crippen molar-refractivity contribution in [2.24, 2.45) is 0 Å². The van der Waals surface area contributed by atoms with Gasteiger partial charge in [-0.3, -0.25) is 4.79 Å². The molecule has 0 bridgehead atoms. The van der Waals surface area contributed by atoms with Crippen molar-refractivity contribution in [3.8, 4) is 0 Å². The lowest BCUT2D eigenvalue weighted by Gasteiger charge is -2.33. The molecule has 0 spiro atoms. The van der Waals surface area contributed by atoms with Crippen LogP contribution in [0, 0.1) is 5.82 Å². The van der Waals surface area contributed by atoms with E-state index in [1.54, 1.807) is 26.0 Å². The predicted molar refractivity (Wildman–Crippen MR) is 83.9 cm³/mol. The van der Waals surface area contributed by atoms with Gasteiger partial charge >= 0.3 is 0 Å². The van der Waals surface area contributed by atoms with E-state index in [2.05, 4.69) is 26.6 Å². The average molecular weight is 375 g/mol. The first-order chi connectivity index (χ1) is 10.3. The Bertz CT molecular complexity index is 546. The summed E-state index contributed by atoms with van der Waals surface area (Å²) in [5, 5.41) is 14.9. The second kappa shape index (κ2) is 7.04. The smallest absolute Gasteiger partial charge is 0.251 e. The minimum absolute atomic E-state index is 0.0378. The Labute approximate surface area is 137 Å². The van der Waals surface area contributed by atoms with Gasteiger partial charge in [0, 0.05) is 16.6 Å². The predicted octanol–water partition coefficient (Wildman–Crippen LogP) is 1.29. The highest BCUT2D eigenvalue weighted by molar-refractivity contribution is 9.10. The van der Waals surface area contributed by atoms with Gasteiger partial charge in [0.05, 0.1) is 24.8 Å². The molecule has 0 radical (unpaired) electrons. The Morgan fingerprint density at radius 2 is 2.32 bits per heavy atom. The molecule has 0 aliphatic carbocycles. The van der Waals surface area contributed by atoms with Gasteiger partial charge in [-0.15, -0.1) is 0 Å². The molecule has 122 valence electrons. The summed E-state index contributed by atoms with van der Waals surface area (Å²) in [5.41, 5.74) is -0.458. The van der Waals surface area contributed by atoms with Gasteiger partial charge in [0.25, 0.3) is 5.91 Å². The van der Waals surface area contributed by atoms with Crippen molar-refractivity contribution in [1.29, 1.82) is 0 Å². The lowest BCUT2D eigenvalue weighted by Crippen LogP contribution is -2.56. The van der Waals surface area contributed by atoms with Crippen LogP contribution in [0.3, 0.4) is 0 Å². The van der Waals surface area contributed by atoms with E-state index in [-0.39, 0.29) is 31.0 Å². The third-order valence-electron chi connectivity index (χ3n) is 3.64. The fourth-order valence-corrected chi connectivity index (χ4v) is 2.69. The Kier molecular flexibility index (Phi) is 5.55. The van der Waals surface area contributed by atoms with Crippen molar-refractivity contribution in [3.63, 3.8) is 0 Å². The SMILES string of the molecule is CC(C)(NC(=O)C1CNC(CO)CO1)c1ccc(Br)cc1F. The lowest BCUT2D eigenvalue weighted by molar-refractivity contribution is -0.137. The summed E-state index contributed by atoms with van der Waals surface area (Å²) in [6, 6.07) is 4.59. The quantitative estimate of drug-likeness (QED) is 0.742. The highest BCUT2D eigenvalue weighted by Crippen LogP contribution is 2.26. The molecule has 1 aliphatic rings. The maximum Gasteiger partial charge on any atom is 0.251 e. The van der Waals surface area contributed by atoms with Gasteiger partial charge in [0.2, 0.25) is 0 Å². The first-order valence-corrected chi connectivity index (χ1v) is 7.86. The van der Waals surface area contributed by atoms with Crippen molar-refractivity contribution >= 4 is 21.8 Å². The van der Waals surface area contributed by atoms with Gasteiger partial charge in [-0.2, -0.15) is 0 Å². The largest absolute Gasteiger partial charge is 0.395 e. The molecular weight excluding hydrogens is 355 g/mol. The minimum Gasteiger partial charge on any atom is -0.395 e. The molecule has 2 atom stereocenters. The number of benzene rings is 1. The molecule has 0 saturated carbocycles. The van der Waals surface area contributed by atoms with E-state index >= 15 is 0 Å². The Morgan fingerprint density at radius 3 is 2.86 bits per heavy atom. The number of aliphatic hydroxyl groups excluding tert-OH is 1. The first-order valence-electron chi connectivity index (χ1n) is 7.07. The van der Waals surface area contributed by atoms with Gasteiger partial charge in [0.15, 0.2) is 0 Å². The number of carbonyl (C=O) groups excluding carboxylic acids is 1. The monoisotopic (exact) mass is 374 g/mol. The standard InChI is InChI=1S/C15H20BrFN2O3/c1-15(2,11-4-3-9(16)5-12(11)17)19-14(21)13-6-18-10(7-20)8-22-13/h3-5,10,13,18,20H,6-8H2,1-2H3,(H,19,21). The maximum absolute atomic E-state index is 14.1. The molecule has 22 heavy (non-hydrogen) atoms. The number of morpholine rings is 1. The third kappa shape index (κ3) is 4.04. The van der Waals surface area contributed by atoms with E-state index in [1.165, 1.54) is 6.07 Å². The molecule has 2 unspecified atom stereocenters. The van der Waals surface area contributed by atoms with E-state index in [0.29, 0.717) is 16.6 Å². The average Bonchev–Trinajstić information content (AvgIpc) is 2.46. The minimum atomic E-state index is -0.862. The van der Waals surface area contributed by atoms with E-state index in [9.17, 15) is 9.18 Å². The van der Waals surface area contributed by atoms with Crippen molar-refractivity contribution in [1.82, 2.24) is 10.6 Å². The Morgan fingerprint density at radius 1 is 1.59 bits per heavy atom. The summed E-state index contributed by atoms with van der Waals surface area (Å²) in [6.07, 6.45) is -0.652. The van der Waals surface area contributed by atoms with Crippen LogP contribution in [0.15, 0.2) is 22.7 Å². The number of ether oxygens (including phenoxy) is 1. The number of amides is 1. The lowest BCUT2D eigenvalue weighted by atomic mass is 9.93. The van der Waals surface area contributed by atoms with Crippen LogP contribution in [0.1, 0.15) is 19.4 Å². The van der Waals surface area contributed by atoms with Gasteiger partial charge in [-0.05, 0) is 26.0 Å². The number of hydrogen-bond donors (Lipinski definition) is 3. The molecule has 1 amide bonds. The second-order valence-electron chi connectivity index (χ2n) is 5.85. The number of hydrogen-bond acceptors (Lipinski definition) is 4. The molecule has 1 fully saturated rings. The molecule has 1 aromatic rings. The molecule has 1 aromatic carbocycles. The van der Waals surface area contributed by atoms with Crippen LogP contribution in [-0.4, -0.2) is 42.9 Å². The van der Waals surface area contributed by atoms with Crippen LogP contribution in [0.25, 0.3) is 0 Å². The number of nitrogens with one attached hydrogen (secondary N) is 2. The first kappa shape index (κ1) is 17.3. The van der Waals surface area contributed by atoms with Gasteiger partial charge in [0.1, 0.15) is 11.9 Å². The van der Waals surface area contributed by atoms with Crippen LogP contribution in [0.2, 0.25) is 0 Å². The highest BCUT2D eigenvalue weighted by Gasteiger charge is 2.32. The van der Waals surface area contributed by atoms with E-state index in [4.69, 9.17) is 9.84 Å². The summed E-state index contributed by atoms with van der Waals surface area (Å²) in [5.74, 6) is -0.695. The van der Waals surface area contributed by atoms with Gasteiger partial charge in [-0.1, -0.05) is 22.0 Å². The van der Waals surface area contributed by atoms with Crippen LogP contribution >= 0.6 is 15.9 Å². The molecule has 3 N–H and O–H groups in total. The molecule has 7 heteroatoms. The molecule has 1 heterocycles. The van der Waals surface area contributed by atoms with Crippen LogP contribution in [0.5, 0.6) is 0 Å². The van der Waals surface area contributed by atoms with Crippen molar-refractivity contribution in [2.45, 2.75) is 31.5 Å². The second-order valence-corrected chi connectivity index (χ2v) is 6.76. The fourth-order valence-electron chi connectivity index (χ4n) is 2.36. The van der Waals surface area contributed by atoms with Crippen LogP contribution in [0.4, 0.5) is 4.39 Å². The third-order valence-corrected chi connectivity index (χ3v) is 4.14. The van der Waals surface area contributed by atoms with E-state index < -0.39 is 11.6 Å². The zero-order valence-electron chi connectivity index (χ0n) is 12.5. The Balaban J connectivity index is 2.03. The van der Waals surface area contributed by atoms with Crippen molar-refractivity contribution < 1.29 is 19.0 Å². The summed E-state index contributed by atoms with van der Waals surface area (Å²) in [7, 11) is 0. The molecule has 0 aromatic heterocycles. The zero-order chi connectivity index (χ0) is 16.3.